The van der Waals surface area contributed by atoms with E-state index >= 15 is 0 Å². The molecule has 0 aromatic heterocycles. The average molecular weight is 324 g/mol. The van der Waals surface area contributed by atoms with E-state index in [1.165, 1.54) is 14.2 Å². The van der Waals surface area contributed by atoms with Crippen molar-refractivity contribution in [1.82, 2.24) is 0 Å². The Labute approximate surface area is 141 Å². The summed E-state index contributed by atoms with van der Waals surface area (Å²) in [6.45, 7) is 0. The summed E-state index contributed by atoms with van der Waals surface area (Å²) < 4.78 is 9.78. The molecule has 0 aliphatic heterocycles. The second-order valence-corrected chi connectivity index (χ2v) is 5.20. The third-order valence-corrected chi connectivity index (χ3v) is 3.74. The Morgan fingerprint density at radius 2 is 1.50 bits per heavy atom. The van der Waals surface area contributed by atoms with Crippen molar-refractivity contribution in [2.45, 2.75) is 12.3 Å². The lowest BCUT2D eigenvalue weighted by Gasteiger charge is -2.14. The summed E-state index contributed by atoms with van der Waals surface area (Å²) in [5.74, 6) is -1.24. The highest BCUT2D eigenvalue weighted by atomic mass is 16.5. The molecule has 1 atom stereocenters. The highest BCUT2D eigenvalue weighted by Crippen LogP contribution is 2.25. The third-order valence-electron chi connectivity index (χ3n) is 3.74. The summed E-state index contributed by atoms with van der Waals surface area (Å²) in [5.41, 5.74) is 2.03. The number of carbonyl (C=O) groups excluding carboxylic acids is 2. The molecule has 0 amide bonds. The summed E-state index contributed by atoms with van der Waals surface area (Å²) in [7, 11) is 2.70. The molecule has 0 saturated heterocycles. The first-order valence-corrected chi connectivity index (χ1v) is 7.64. The minimum atomic E-state index is -0.473. The first-order valence-electron chi connectivity index (χ1n) is 7.64. The molecular formula is C20H20O4. The highest BCUT2D eigenvalue weighted by Gasteiger charge is 2.21. The van der Waals surface area contributed by atoms with E-state index in [2.05, 4.69) is 0 Å². The van der Waals surface area contributed by atoms with Crippen molar-refractivity contribution in [1.29, 1.82) is 0 Å². The maximum absolute atomic E-state index is 12.1. The van der Waals surface area contributed by atoms with Crippen molar-refractivity contribution in [2.75, 3.05) is 14.2 Å². The van der Waals surface area contributed by atoms with E-state index in [1.54, 1.807) is 6.08 Å². The Kier molecular flexibility index (Phi) is 6.32. The lowest BCUT2D eigenvalue weighted by atomic mass is 9.93. The molecule has 24 heavy (non-hydrogen) atoms. The topological polar surface area (TPSA) is 52.6 Å². The van der Waals surface area contributed by atoms with Gasteiger partial charge in [0, 0.05) is 0 Å². The average Bonchev–Trinajstić information content (AvgIpc) is 2.65. The van der Waals surface area contributed by atoms with Crippen molar-refractivity contribution in [2.24, 2.45) is 0 Å². The molecule has 2 aromatic carbocycles. The number of carbonyl (C=O) groups is 2. The second-order valence-electron chi connectivity index (χ2n) is 5.20. The SMILES string of the molecule is COC(=O)/C(=C/CC(C(=O)OC)c1ccccc1)c1ccccc1. The number of esters is 2. The van der Waals surface area contributed by atoms with Crippen molar-refractivity contribution in [3.8, 4) is 0 Å². The second kappa shape index (κ2) is 8.67. The van der Waals surface area contributed by atoms with Crippen LogP contribution in [0.15, 0.2) is 66.7 Å². The van der Waals surface area contributed by atoms with E-state index in [0.717, 1.165) is 11.1 Å². The monoisotopic (exact) mass is 324 g/mol. The number of methoxy groups -OCH3 is 2. The molecule has 1 unspecified atom stereocenters. The van der Waals surface area contributed by atoms with Crippen molar-refractivity contribution >= 4 is 17.5 Å². The van der Waals surface area contributed by atoms with Gasteiger partial charge in [0.2, 0.25) is 0 Å². The first kappa shape index (κ1) is 17.5. The lowest BCUT2D eigenvalue weighted by molar-refractivity contribution is -0.142. The zero-order valence-electron chi connectivity index (χ0n) is 13.8. The summed E-state index contributed by atoms with van der Waals surface area (Å²) in [6, 6.07) is 18.6. The van der Waals surface area contributed by atoms with Crippen LogP contribution in [0.25, 0.3) is 5.57 Å². The van der Waals surface area contributed by atoms with Gasteiger partial charge in [-0.1, -0.05) is 66.7 Å². The van der Waals surface area contributed by atoms with Crippen molar-refractivity contribution in [3.63, 3.8) is 0 Å². The summed E-state index contributed by atoms with van der Waals surface area (Å²) >= 11 is 0. The number of allylic oxidation sites excluding steroid dienone is 1. The van der Waals surface area contributed by atoms with Crippen LogP contribution in [-0.4, -0.2) is 26.2 Å². The Morgan fingerprint density at radius 3 is 2.04 bits per heavy atom. The molecule has 0 fully saturated rings. The fourth-order valence-electron chi connectivity index (χ4n) is 2.48. The van der Waals surface area contributed by atoms with Gasteiger partial charge in [-0.2, -0.15) is 0 Å². The van der Waals surface area contributed by atoms with Crippen LogP contribution >= 0.6 is 0 Å². The molecule has 2 aromatic rings. The largest absolute Gasteiger partial charge is 0.469 e. The van der Waals surface area contributed by atoms with Crippen LogP contribution in [0.2, 0.25) is 0 Å². The van der Waals surface area contributed by atoms with Gasteiger partial charge in [0.15, 0.2) is 0 Å². The summed E-state index contributed by atoms with van der Waals surface area (Å²) in [5, 5.41) is 0. The van der Waals surface area contributed by atoms with Gasteiger partial charge in [-0.05, 0) is 17.5 Å². The zero-order valence-corrected chi connectivity index (χ0v) is 13.8. The Bertz CT molecular complexity index is 705. The van der Waals surface area contributed by atoms with Crippen LogP contribution in [-0.2, 0) is 19.1 Å². The molecule has 0 aliphatic carbocycles. The van der Waals surface area contributed by atoms with Crippen LogP contribution in [0.5, 0.6) is 0 Å². The van der Waals surface area contributed by atoms with E-state index in [1.807, 2.05) is 60.7 Å². The number of rotatable bonds is 6. The van der Waals surface area contributed by atoms with Crippen LogP contribution in [0.3, 0.4) is 0 Å². The highest BCUT2D eigenvalue weighted by molar-refractivity contribution is 6.16. The van der Waals surface area contributed by atoms with Gasteiger partial charge in [-0.15, -0.1) is 0 Å². The quantitative estimate of drug-likeness (QED) is 0.602. The fourth-order valence-corrected chi connectivity index (χ4v) is 2.48. The summed E-state index contributed by atoms with van der Waals surface area (Å²) in [4.78, 5) is 24.2. The van der Waals surface area contributed by atoms with Gasteiger partial charge in [0.05, 0.1) is 25.7 Å². The maximum atomic E-state index is 12.1. The minimum Gasteiger partial charge on any atom is -0.469 e. The van der Waals surface area contributed by atoms with E-state index in [-0.39, 0.29) is 5.97 Å². The lowest BCUT2D eigenvalue weighted by Crippen LogP contribution is -2.14. The van der Waals surface area contributed by atoms with Gasteiger partial charge in [0.25, 0.3) is 0 Å². The molecule has 0 aliphatic rings. The van der Waals surface area contributed by atoms with E-state index < -0.39 is 11.9 Å². The number of benzene rings is 2. The molecule has 4 nitrogen and oxygen atoms in total. The van der Waals surface area contributed by atoms with Gasteiger partial charge >= 0.3 is 11.9 Å². The zero-order chi connectivity index (χ0) is 17.4. The smallest absolute Gasteiger partial charge is 0.338 e. The van der Waals surface area contributed by atoms with E-state index in [0.29, 0.717) is 12.0 Å². The molecule has 0 saturated carbocycles. The minimum absolute atomic E-state index is 0.338. The predicted octanol–water partition coefficient (Wildman–Crippen LogP) is 3.59. The molecule has 2 rings (SSSR count). The van der Waals surface area contributed by atoms with Crippen LogP contribution in [0.1, 0.15) is 23.5 Å². The normalized spacial score (nSPS) is 12.3. The van der Waals surface area contributed by atoms with Crippen LogP contribution < -0.4 is 0 Å². The number of hydrogen-bond acceptors (Lipinski definition) is 4. The molecule has 4 heteroatoms. The molecule has 0 bridgehead atoms. The number of hydrogen-bond donors (Lipinski definition) is 0. The molecule has 0 N–H and O–H groups in total. The third kappa shape index (κ3) is 4.32. The Balaban J connectivity index is 2.34. The first-order chi connectivity index (χ1) is 11.7. The van der Waals surface area contributed by atoms with Crippen LogP contribution in [0.4, 0.5) is 0 Å². The van der Waals surface area contributed by atoms with Crippen molar-refractivity contribution < 1.29 is 19.1 Å². The van der Waals surface area contributed by atoms with Gasteiger partial charge < -0.3 is 9.47 Å². The molecule has 124 valence electrons. The van der Waals surface area contributed by atoms with Gasteiger partial charge in [0.1, 0.15) is 0 Å². The van der Waals surface area contributed by atoms with E-state index in [9.17, 15) is 9.59 Å². The number of ether oxygens (including phenoxy) is 2. The molecule has 0 radical (unpaired) electrons. The fraction of sp³-hybridized carbons (Fsp3) is 0.200. The predicted molar refractivity (Wildman–Crippen MR) is 92.3 cm³/mol. The summed E-state index contributed by atoms with van der Waals surface area (Å²) in [6.07, 6.45) is 2.08. The van der Waals surface area contributed by atoms with Gasteiger partial charge in [-0.25, -0.2) is 4.79 Å². The van der Waals surface area contributed by atoms with Crippen LogP contribution in [0, 0.1) is 0 Å². The molecular weight excluding hydrogens is 304 g/mol. The Hall–Kier alpha value is -2.88. The van der Waals surface area contributed by atoms with Crippen molar-refractivity contribution in [3.05, 3.63) is 77.9 Å². The standard InChI is InChI=1S/C20H20O4/c1-23-19(21)17(15-9-5-3-6-10-15)13-14-18(20(22)24-2)16-11-7-4-8-12-16/h3-13,18H,14H2,1-2H3/b17-13+. The Morgan fingerprint density at radius 1 is 0.917 bits per heavy atom. The van der Waals surface area contributed by atoms with Gasteiger partial charge in [-0.3, -0.25) is 4.79 Å². The molecule has 0 heterocycles. The molecule has 0 spiro atoms. The maximum Gasteiger partial charge on any atom is 0.338 e. The van der Waals surface area contributed by atoms with E-state index in [4.69, 9.17) is 9.47 Å².